The van der Waals surface area contributed by atoms with E-state index in [-0.39, 0.29) is 12.5 Å². The monoisotopic (exact) mass is 383 g/mol. The molecule has 0 saturated carbocycles. The second kappa shape index (κ2) is 9.23. The largest absolute Gasteiger partial charge is 0.497 e. The molecule has 1 aromatic heterocycles. The number of hydrogen-bond donors (Lipinski definition) is 1. The molecule has 1 amide bonds. The van der Waals surface area contributed by atoms with Gasteiger partial charge in [-0.05, 0) is 43.3 Å². The van der Waals surface area contributed by atoms with Crippen molar-refractivity contribution in [2.75, 3.05) is 12.9 Å². The Bertz CT molecular complexity index is 876. The standard InChI is InChI=1S/C20H21N3O3S/c1-14-3-9-17(10-4-14)27-12-11-18(24)21-13-19-22-20(23-26-19)15-5-7-16(25-2)8-6-15/h3-10H,11-13H2,1-2H3,(H,21,24). The molecule has 3 rings (SSSR count). The molecule has 2 aromatic carbocycles. The molecule has 1 heterocycles. The van der Waals surface area contributed by atoms with E-state index in [1.807, 2.05) is 24.3 Å². The van der Waals surface area contributed by atoms with Gasteiger partial charge in [-0.1, -0.05) is 22.9 Å². The van der Waals surface area contributed by atoms with Gasteiger partial charge < -0.3 is 14.6 Å². The van der Waals surface area contributed by atoms with Gasteiger partial charge in [0.1, 0.15) is 5.75 Å². The van der Waals surface area contributed by atoms with Gasteiger partial charge in [0.25, 0.3) is 0 Å². The van der Waals surface area contributed by atoms with Gasteiger partial charge in [-0.15, -0.1) is 11.8 Å². The maximum Gasteiger partial charge on any atom is 0.246 e. The van der Waals surface area contributed by atoms with Crippen LogP contribution in [0.25, 0.3) is 11.4 Å². The number of thioether (sulfide) groups is 1. The molecule has 0 aliphatic heterocycles. The van der Waals surface area contributed by atoms with Crippen molar-refractivity contribution in [3.63, 3.8) is 0 Å². The summed E-state index contributed by atoms with van der Waals surface area (Å²) < 4.78 is 10.3. The minimum atomic E-state index is -0.0428. The molecule has 0 unspecified atom stereocenters. The second-order valence-electron chi connectivity index (χ2n) is 5.93. The highest BCUT2D eigenvalue weighted by Crippen LogP contribution is 2.20. The number of hydrogen-bond acceptors (Lipinski definition) is 6. The fourth-order valence-electron chi connectivity index (χ4n) is 2.34. The summed E-state index contributed by atoms with van der Waals surface area (Å²) in [6, 6.07) is 15.6. The van der Waals surface area contributed by atoms with Crippen molar-refractivity contribution in [1.29, 1.82) is 0 Å². The van der Waals surface area contributed by atoms with Crippen LogP contribution >= 0.6 is 11.8 Å². The first kappa shape index (κ1) is 19.0. The summed E-state index contributed by atoms with van der Waals surface area (Å²) in [4.78, 5) is 17.4. The third-order valence-electron chi connectivity index (χ3n) is 3.87. The van der Waals surface area contributed by atoms with Crippen LogP contribution in [0.3, 0.4) is 0 Å². The minimum absolute atomic E-state index is 0.0428. The zero-order chi connectivity index (χ0) is 19.1. The Morgan fingerprint density at radius 2 is 1.89 bits per heavy atom. The Balaban J connectivity index is 1.43. The van der Waals surface area contributed by atoms with E-state index in [1.54, 1.807) is 18.9 Å². The molecule has 0 fully saturated rings. The van der Waals surface area contributed by atoms with Gasteiger partial charge in [0.2, 0.25) is 17.6 Å². The third kappa shape index (κ3) is 5.59. The van der Waals surface area contributed by atoms with Crippen molar-refractivity contribution in [2.24, 2.45) is 0 Å². The topological polar surface area (TPSA) is 77.3 Å². The van der Waals surface area contributed by atoms with Gasteiger partial charge in [-0.25, -0.2) is 0 Å². The van der Waals surface area contributed by atoms with Crippen molar-refractivity contribution in [3.8, 4) is 17.1 Å². The van der Waals surface area contributed by atoms with Crippen molar-refractivity contribution >= 4 is 17.7 Å². The number of carbonyl (C=O) groups excluding carboxylic acids is 1. The van der Waals surface area contributed by atoms with E-state index in [0.29, 0.717) is 18.1 Å². The van der Waals surface area contributed by atoms with Crippen LogP contribution in [-0.4, -0.2) is 28.9 Å². The lowest BCUT2D eigenvalue weighted by atomic mass is 10.2. The molecule has 0 aliphatic carbocycles. The summed E-state index contributed by atoms with van der Waals surface area (Å²) in [5, 5.41) is 6.76. The highest BCUT2D eigenvalue weighted by molar-refractivity contribution is 7.99. The number of aromatic nitrogens is 2. The first-order valence-electron chi connectivity index (χ1n) is 8.57. The molecule has 0 aliphatic rings. The van der Waals surface area contributed by atoms with Gasteiger partial charge in [0.15, 0.2) is 0 Å². The molecule has 27 heavy (non-hydrogen) atoms. The van der Waals surface area contributed by atoms with Crippen LogP contribution in [0.1, 0.15) is 17.9 Å². The maximum absolute atomic E-state index is 12.0. The van der Waals surface area contributed by atoms with Crippen LogP contribution in [0, 0.1) is 6.92 Å². The van der Waals surface area contributed by atoms with Crippen LogP contribution in [0.15, 0.2) is 57.9 Å². The third-order valence-corrected chi connectivity index (χ3v) is 4.89. The lowest BCUT2D eigenvalue weighted by Crippen LogP contribution is -2.23. The van der Waals surface area contributed by atoms with Gasteiger partial charge >= 0.3 is 0 Å². The summed E-state index contributed by atoms with van der Waals surface area (Å²) in [5.41, 5.74) is 2.05. The second-order valence-corrected chi connectivity index (χ2v) is 7.10. The van der Waals surface area contributed by atoms with Crippen molar-refractivity contribution in [2.45, 2.75) is 24.8 Å². The number of amides is 1. The van der Waals surface area contributed by atoms with Crippen molar-refractivity contribution in [3.05, 3.63) is 60.0 Å². The van der Waals surface area contributed by atoms with Crippen LogP contribution in [0.2, 0.25) is 0 Å². The predicted molar refractivity (Wildman–Crippen MR) is 105 cm³/mol. The normalized spacial score (nSPS) is 10.6. The summed E-state index contributed by atoms with van der Waals surface area (Å²) >= 11 is 1.66. The minimum Gasteiger partial charge on any atom is -0.497 e. The number of methoxy groups -OCH3 is 1. The molecule has 3 aromatic rings. The van der Waals surface area contributed by atoms with Crippen LogP contribution in [0.5, 0.6) is 5.75 Å². The Kier molecular flexibility index (Phi) is 6.49. The number of rotatable bonds is 8. The summed E-state index contributed by atoms with van der Waals surface area (Å²) in [5.74, 6) is 2.30. The number of carbonyl (C=O) groups is 1. The van der Waals surface area contributed by atoms with Gasteiger partial charge in [-0.2, -0.15) is 4.98 Å². The fourth-order valence-corrected chi connectivity index (χ4v) is 3.19. The quantitative estimate of drug-likeness (QED) is 0.595. The highest BCUT2D eigenvalue weighted by Gasteiger charge is 2.10. The molecule has 1 N–H and O–H groups in total. The van der Waals surface area contributed by atoms with Crippen LogP contribution in [-0.2, 0) is 11.3 Å². The number of nitrogens with one attached hydrogen (secondary N) is 1. The van der Waals surface area contributed by atoms with Gasteiger partial charge in [-0.3, -0.25) is 4.79 Å². The molecule has 0 atom stereocenters. The summed E-state index contributed by atoms with van der Waals surface area (Å²) in [6.07, 6.45) is 0.429. The van der Waals surface area contributed by atoms with Crippen molar-refractivity contribution < 1.29 is 14.1 Å². The highest BCUT2D eigenvalue weighted by atomic mass is 32.2. The Morgan fingerprint density at radius 1 is 1.15 bits per heavy atom. The lowest BCUT2D eigenvalue weighted by molar-refractivity contribution is -0.120. The SMILES string of the molecule is COc1ccc(-c2noc(CNC(=O)CCSc3ccc(C)cc3)n2)cc1. The Morgan fingerprint density at radius 3 is 2.59 bits per heavy atom. The number of aryl methyl sites for hydroxylation is 1. The maximum atomic E-state index is 12.0. The Labute approximate surface area is 162 Å². The molecule has 6 nitrogen and oxygen atoms in total. The summed E-state index contributed by atoms with van der Waals surface area (Å²) in [6.45, 7) is 2.27. The predicted octanol–water partition coefficient (Wildman–Crippen LogP) is 3.85. The number of nitrogens with zero attached hydrogens (tertiary/aromatic N) is 2. The van der Waals surface area contributed by atoms with Crippen LogP contribution in [0.4, 0.5) is 0 Å². The van der Waals surface area contributed by atoms with E-state index < -0.39 is 0 Å². The van der Waals surface area contributed by atoms with Crippen LogP contribution < -0.4 is 10.1 Å². The molecule has 0 saturated heterocycles. The molecule has 0 radical (unpaired) electrons. The zero-order valence-electron chi connectivity index (χ0n) is 15.3. The van der Waals surface area contributed by atoms with E-state index in [4.69, 9.17) is 9.26 Å². The molecular weight excluding hydrogens is 362 g/mol. The lowest BCUT2D eigenvalue weighted by Gasteiger charge is -2.03. The van der Waals surface area contributed by atoms with E-state index in [9.17, 15) is 4.79 Å². The number of benzene rings is 2. The van der Waals surface area contributed by atoms with Gasteiger partial charge in [0.05, 0.1) is 13.7 Å². The first-order valence-corrected chi connectivity index (χ1v) is 9.56. The summed E-state index contributed by atoms with van der Waals surface area (Å²) in [7, 11) is 1.61. The molecule has 0 bridgehead atoms. The molecule has 0 spiro atoms. The van der Waals surface area contributed by atoms with E-state index in [2.05, 4.69) is 46.6 Å². The smallest absolute Gasteiger partial charge is 0.246 e. The molecule has 7 heteroatoms. The zero-order valence-corrected chi connectivity index (χ0v) is 16.1. The van der Waals surface area contributed by atoms with E-state index in [1.165, 1.54) is 5.56 Å². The number of ether oxygens (including phenoxy) is 1. The van der Waals surface area contributed by atoms with E-state index in [0.717, 1.165) is 22.0 Å². The van der Waals surface area contributed by atoms with E-state index >= 15 is 0 Å². The Hall–Kier alpha value is -2.80. The average Bonchev–Trinajstić information content (AvgIpc) is 3.17. The van der Waals surface area contributed by atoms with Gasteiger partial charge in [0, 0.05) is 22.6 Å². The molecule has 140 valence electrons. The fraction of sp³-hybridized carbons (Fsp3) is 0.250. The average molecular weight is 383 g/mol. The van der Waals surface area contributed by atoms with Crippen molar-refractivity contribution in [1.82, 2.24) is 15.5 Å². The first-order chi connectivity index (χ1) is 13.1. The molecular formula is C20H21N3O3S.